The molecule has 0 aliphatic heterocycles. The largest absolute Gasteiger partial charge is 0.398 e. The number of amides is 1. The van der Waals surface area contributed by atoms with Crippen molar-refractivity contribution in [3.63, 3.8) is 0 Å². The lowest BCUT2D eigenvalue weighted by Crippen LogP contribution is -2.12. The van der Waals surface area contributed by atoms with Crippen molar-refractivity contribution in [1.82, 2.24) is 0 Å². The van der Waals surface area contributed by atoms with Crippen LogP contribution >= 0.6 is 15.9 Å². The SMILES string of the molecule is Cc1cc(NC(=O)c2ccc(N)c(Br)c2)ccc1F. The highest BCUT2D eigenvalue weighted by Gasteiger charge is 2.08. The van der Waals surface area contributed by atoms with Crippen LogP contribution in [0.25, 0.3) is 0 Å². The molecule has 19 heavy (non-hydrogen) atoms. The first-order chi connectivity index (χ1) is 8.97. The minimum atomic E-state index is -0.298. The van der Waals surface area contributed by atoms with Crippen molar-refractivity contribution >= 4 is 33.2 Å². The molecule has 2 aromatic rings. The molecule has 3 nitrogen and oxygen atoms in total. The molecule has 5 heteroatoms. The van der Waals surface area contributed by atoms with Crippen molar-refractivity contribution < 1.29 is 9.18 Å². The van der Waals surface area contributed by atoms with Crippen LogP contribution in [0, 0.1) is 12.7 Å². The van der Waals surface area contributed by atoms with Crippen molar-refractivity contribution in [1.29, 1.82) is 0 Å². The third-order valence-corrected chi connectivity index (χ3v) is 3.37. The number of hydrogen-bond acceptors (Lipinski definition) is 2. The minimum absolute atomic E-state index is 0.272. The zero-order valence-electron chi connectivity index (χ0n) is 10.2. The maximum atomic E-state index is 13.1. The second kappa shape index (κ2) is 5.40. The number of nitrogens with one attached hydrogen (secondary N) is 1. The third kappa shape index (κ3) is 3.12. The van der Waals surface area contributed by atoms with Gasteiger partial charge in [-0.15, -0.1) is 0 Å². The zero-order chi connectivity index (χ0) is 14.0. The predicted octanol–water partition coefficient (Wildman–Crippen LogP) is 3.73. The van der Waals surface area contributed by atoms with E-state index in [1.165, 1.54) is 12.1 Å². The van der Waals surface area contributed by atoms with E-state index in [4.69, 9.17) is 5.73 Å². The van der Waals surface area contributed by atoms with Gasteiger partial charge in [0.15, 0.2) is 0 Å². The summed E-state index contributed by atoms with van der Waals surface area (Å²) in [7, 11) is 0. The maximum absolute atomic E-state index is 13.1. The number of nitrogen functional groups attached to an aromatic ring is 1. The van der Waals surface area contributed by atoms with Gasteiger partial charge in [-0.1, -0.05) is 0 Å². The summed E-state index contributed by atoms with van der Waals surface area (Å²) in [6.45, 7) is 1.64. The molecule has 2 rings (SSSR count). The Labute approximate surface area is 118 Å². The maximum Gasteiger partial charge on any atom is 0.255 e. The summed E-state index contributed by atoms with van der Waals surface area (Å²) in [6, 6.07) is 9.35. The van der Waals surface area contributed by atoms with E-state index in [1.807, 2.05) is 0 Å². The Balaban J connectivity index is 2.20. The van der Waals surface area contributed by atoms with Crippen LogP contribution in [-0.2, 0) is 0 Å². The van der Waals surface area contributed by atoms with Gasteiger partial charge in [0.2, 0.25) is 0 Å². The molecule has 98 valence electrons. The molecule has 0 radical (unpaired) electrons. The van der Waals surface area contributed by atoms with Crippen molar-refractivity contribution in [2.45, 2.75) is 6.92 Å². The summed E-state index contributed by atoms with van der Waals surface area (Å²) < 4.78 is 13.8. The van der Waals surface area contributed by atoms with E-state index in [9.17, 15) is 9.18 Å². The first-order valence-electron chi connectivity index (χ1n) is 5.60. The molecular formula is C14H12BrFN2O. The highest BCUT2D eigenvalue weighted by molar-refractivity contribution is 9.10. The fourth-order valence-corrected chi connectivity index (χ4v) is 1.97. The third-order valence-electron chi connectivity index (χ3n) is 2.68. The van der Waals surface area contributed by atoms with E-state index < -0.39 is 0 Å². The van der Waals surface area contributed by atoms with Crippen molar-refractivity contribution in [2.75, 3.05) is 11.1 Å². The molecule has 0 heterocycles. The first kappa shape index (κ1) is 13.5. The van der Waals surface area contributed by atoms with Gasteiger partial charge in [-0.2, -0.15) is 0 Å². The average molecular weight is 323 g/mol. The number of benzene rings is 2. The summed E-state index contributed by atoms with van der Waals surface area (Å²) in [5.74, 6) is -0.570. The molecule has 0 aliphatic rings. The van der Waals surface area contributed by atoms with Crippen LogP contribution in [0.5, 0.6) is 0 Å². The van der Waals surface area contributed by atoms with Gasteiger partial charge in [-0.3, -0.25) is 4.79 Å². The first-order valence-corrected chi connectivity index (χ1v) is 6.39. The van der Waals surface area contributed by atoms with Crippen LogP contribution < -0.4 is 11.1 Å². The number of nitrogens with two attached hydrogens (primary N) is 1. The summed E-state index contributed by atoms with van der Waals surface area (Å²) in [5.41, 5.74) is 7.73. The smallest absolute Gasteiger partial charge is 0.255 e. The molecule has 0 spiro atoms. The molecule has 0 fully saturated rings. The number of carbonyl (C=O) groups is 1. The van der Waals surface area contributed by atoms with Crippen molar-refractivity contribution in [3.8, 4) is 0 Å². The topological polar surface area (TPSA) is 55.1 Å². The van der Waals surface area contributed by atoms with Crippen LogP contribution in [-0.4, -0.2) is 5.91 Å². The monoisotopic (exact) mass is 322 g/mol. The molecule has 3 N–H and O–H groups in total. The number of aryl methyl sites for hydroxylation is 1. The molecule has 0 unspecified atom stereocenters. The van der Waals surface area contributed by atoms with E-state index in [0.29, 0.717) is 27.0 Å². The van der Waals surface area contributed by atoms with Crippen LogP contribution in [0.3, 0.4) is 0 Å². The van der Waals surface area contributed by atoms with Crippen LogP contribution in [0.1, 0.15) is 15.9 Å². The average Bonchev–Trinajstić information content (AvgIpc) is 2.37. The summed E-state index contributed by atoms with van der Waals surface area (Å²) in [6.07, 6.45) is 0. The van der Waals surface area contributed by atoms with E-state index in [1.54, 1.807) is 31.2 Å². The van der Waals surface area contributed by atoms with Gasteiger partial charge >= 0.3 is 0 Å². The highest BCUT2D eigenvalue weighted by Crippen LogP contribution is 2.21. The Hall–Kier alpha value is -1.88. The lowest BCUT2D eigenvalue weighted by atomic mass is 10.1. The van der Waals surface area contributed by atoms with Crippen molar-refractivity contribution in [3.05, 3.63) is 57.8 Å². The molecule has 1 amide bonds. The Morgan fingerprint density at radius 1 is 1.26 bits per heavy atom. The fourth-order valence-electron chi connectivity index (χ4n) is 1.59. The quantitative estimate of drug-likeness (QED) is 0.828. The number of halogens is 2. The van der Waals surface area contributed by atoms with E-state index >= 15 is 0 Å². The molecular weight excluding hydrogens is 311 g/mol. The Bertz CT molecular complexity index is 643. The van der Waals surface area contributed by atoms with Gasteiger partial charge in [-0.25, -0.2) is 4.39 Å². The standard InChI is InChI=1S/C14H12BrFN2O/c1-8-6-10(3-4-12(8)16)18-14(19)9-2-5-13(17)11(15)7-9/h2-7H,17H2,1H3,(H,18,19). The lowest BCUT2D eigenvalue weighted by Gasteiger charge is -2.07. The number of hydrogen-bond donors (Lipinski definition) is 2. The predicted molar refractivity (Wildman–Crippen MR) is 77.6 cm³/mol. The Morgan fingerprint density at radius 2 is 2.00 bits per heavy atom. The van der Waals surface area contributed by atoms with Gasteiger partial charge < -0.3 is 11.1 Å². The number of rotatable bonds is 2. The minimum Gasteiger partial charge on any atom is -0.398 e. The number of carbonyl (C=O) groups excluding carboxylic acids is 1. The molecule has 2 aromatic carbocycles. The van der Waals surface area contributed by atoms with Gasteiger partial charge in [-0.05, 0) is 64.8 Å². The van der Waals surface area contributed by atoms with Gasteiger partial charge in [0.1, 0.15) is 5.82 Å². The van der Waals surface area contributed by atoms with Gasteiger partial charge in [0.25, 0.3) is 5.91 Å². The molecule has 0 bridgehead atoms. The van der Waals surface area contributed by atoms with E-state index in [2.05, 4.69) is 21.2 Å². The summed E-state index contributed by atoms with van der Waals surface area (Å²) in [5, 5.41) is 2.71. The van der Waals surface area contributed by atoms with Gasteiger partial charge in [0.05, 0.1) is 0 Å². The second-order valence-corrected chi connectivity index (χ2v) is 5.01. The Kier molecular flexibility index (Phi) is 3.85. The van der Waals surface area contributed by atoms with Gasteiger partial charge in [0, 0.05) is 21.4 Å². The molecule has 0 atom stereocenters. The van der Waals surface area contributed by atoms with Crippen LogP contribution in [0.15, 0.2) is 40.9 Å². The number of anilines is 2. The van der Waals surface area contributed by atoms with Crippen molar-refractivity contribution in [2.24, 2.45) is 0 Å². The lowest BCUT2D eigenvalue weighted by molar-refractivity contribution is 0.102. The summed E-state index contributed by atoms with van der Waals surface area (Å²) in [4.78, 5) is 12.0. The van der Waals surface area contributed by atoms with E-state index in [0.717, 1.165) is 0 Å². The molecule has 0 aromatic heterocycles. The zero-order valence-corrected chi connectivity index (χ0v) is 11.8. The van der Waals surface area contributed by atoms with E-state index in [-0.39, 0.29) is 11.7 Å². The second-order valence-electron chi connectivity index (χ2n) is 4.15. The fraction of sp³-hybridized carbons (Fsp3) is 0.0714. The van der Waals surface area contributed by atoms with Crippen LogP contribution in [0.4, 0.5) is 15.8 Å². The normalized spacial score (nSPS) is 10.3. The molecule has 0 saturated heterocycles. The highest BCUT2D eigenvalue weighted by atomic mass is 79.9. The molecule has 0 aliphatic carbocycles. The molecule has 0 saturated carbocycles. The summed E-state index contributed by atoms with van der Waals surface area (Å²) >= 11 is 3.27. The Morgan fingerprint density at radius 3 is 2.63 bits per heavy atom. The van der Waals surface area contributed by atoms with Crippen LogP contribution in [0.2, 0.25) is 0 Å².